The summed E-state index contributed by atoms with van der Waals surface area (Å²) in [5, 5.41) is 18.8. The molecule has 0 radical (unpaired) electrons. The van der Waals surface area contributed by atoms with Gasteiger partial charge in [-0.1, -0.05) is 13.8 Å². The van der Waals surface area contributed by atoms with Crippen molar-refractivity contribution in [3.8, 4) is 6.07 Å². The molecule has 0 aliphatic carbocycles. The van der Waals surface area contributed by atoms with Crippen molar-refractivity contribution in [1.82, 2.24) is 14.6 Å². The average Bonchev–Trinajstić information content (AvgIpc) is 2.92. The number of hydrogen-bond donors (Lipinski definition) is 0. The Morgan fingerprint density at radius 2 is 2.14 bits per heavy atom. The van der Waals surface area contributed by atoms with E-state index in [1.165, 1.54) is 0 Å². The van der Waals surface area contributed by atoms with E-state index in [1.54, 1.807) is 11.8 Å². The first-order valence-corrected chi connectivity index (χ1v) is 8.24. The van der Waals surface area contributed by atoms with Crippen LogP contribution in [-0.2, 0) is 9.78 Å². The zero-order valence-corrected chi connectivity index (χ0v) is 14.1. The Bertz CT molecular complexity index is 691. The molecule has 0 aromatic carbocycles. The Morgan fingerprint density at radius 1 is 1.36 bits per heavy atom. The van der Waals surface area contributed by atoms with Gasteiger partial charge >= 0.3 is 0 Å². The molecule has 2 heterocycles. The zero-order chi connectivity index (χ0) is 16.1. The van der Waals surface area contributed by atoms with Crippen LogP contribution in [0.25, 0.3) is 5.65 Å². The van der Waals surface area contributed by atoms with Crippen LogP contribution in [0.2, 0.25) is 0 Å². The highest BCUT2D eigenvalue weighted by Gasteiger charge is 2.18. The molecule has 22 heavy (non-hydrogen) atoms. The van der Waals surface area contributed by atoms with Gasteiger partial charge in [-0.25, -0.2) is 9.78 Å². The quantitative estimate of drug-likeness (QED) is 0.338. The Kier molecular flexibility index (Phi) is 5.77. The molecule has 0 bridgehead atoms. The lowest BCUT2D eigenvalue weighted by molar-refractivity contribution is -0.286. The summed E-state index contributed by atoms with van der Waals surface area (Å²) in [5.41, 5.74) is 2.11. The van der Waals surface area contributed by atoms with Crippen LogP contribution in [0, 0.1) is 18.3 Å². The molecule has 0 amide bonds. The van der Waals surface area contributed by atoms with Crippen LogP contribution in [0.5, 0.6) is 0 Å². The SMILES string of the molecule is CCOOCCSc1cc(C)c(C#N)c2nnc(C(C)C)n12. The molecule has 2 rings (SSSR count). The smallest absolute Gasteiger partial charge is 0.179 e. The van der Waals surface area contributed by atoms with Crippen molar-refractivity contribution < 1.29 is 9.78 Å². The van der Waals surface area contributed by atoms with Crippen molar-refractivity contribution in [3.05, 3.63) is 23.0 Å². The summed E-state index contributed by atoms with van der Waals surface area (Å²) in [6, 6.07) is 4.23. The second-order valence-corrected chi connectivity index (χ2v) is 6.22. The molecule has 0 aliphatic heterocycles. The van der Waals surface area contributed by atoms with E-state index >= 15 is 0 Å². The monoisotopic (exact) mass is 320 g/mol. The van der Waals surface area contributed by atoms with Gasteiger partial charge in [0.2, 0.25) is 0 Å². The Morgan fingerprint density at radius 3 is 2.77 bits per heavy atom. The van der Waals surface area contributed by atoms with Gasteiger partial charge in [-0.15, -0.1) is 22.0 Å². The summed E-state index contributed by atoms with van der Waals surface area (Å²) in [4.78, 5) is 9.92. The molecular formula is C15H20N4O2S. The summed E-state index contributed by atoms with van der Waals surface area (Å²) in [7, 11) is 0. The van der Waals surface area contributed by atoms with Gasteiger partial charge in [0.1, 0.15) is 17.5 Å². The van der Waals surface area contributed by atoms with Crippen LogP contribution in [-0.4, -0.2) is 33.6 Å². The molecule has 2 aromatic heterocycles. The topological polar surface area (TPSA) is 72.4 Å². The Labute approximate surface area is 134 Å². The van der Waals surface area contributed by atoms with Crippen LogP contribution < -0.4 is 0 Å². The molecule has 7 heteroatoms. The van der Waals surface area contributed by atoms with Crippen molar-refractivity contribution in [1.29, 1.82) is 5.26 Å². The lowest BCUT2D eigenvalue weighted by Gasteiger charge is -2.11. The van der Waals surface area contributed by atoms with Gasteiger partial charge in [0, 0.05) is 11.7 Å². The minimum atomic E-state index is 0.225. The number of pyridine rings is 1. The number of aryl methyl sites for hydroxylation is 1. The number of aromatic nitrogens is 3. The normalized spacial score (nSPS) is 11.3. The number of hydrogen-bond acceptors (Lipinski definition) is 6. The van der Waals surface area contributed by atoms with E-state index in [9.17, 15) is 5.26 Å². The molecule has 0 saturated carbocycles. The maximum atomic E-state index is 9.35. The largest absolute Gasteiger partial charge is 0.272 e. The lowest BCUT2D eigenvalue weighted by atomic mass is 10.1. The first-order valence-electron chi connectivity index (χ1n) is 7.26. The van der Waals surface area contributed by atoms with E-state index in [1.807, 2.05) is 24.3 Å². The summed E-state index contributed by atoms with van der Waals surface area (Å²) in [6.45, 7) is 8.96. The molecule has 0 spiro atoms. The van der Waals surface area contributed by atoms with Gasteiger partial charge in [-0.2, -0.15) is 5.26 Å². The predicted molar refractivity (Wildman–Crippen MR) is 84.8 cm³/mol. The van der Waals surface area contributed by atoms with Gasteiger partial charge < -0.3 is 0 Å². The first kappa shape index (κ1) is 16.7. The van der Waals surface area contributed by atoms with Gasteiger partial charge in [-0.3, -0.25) is 4.40 Å². The standard InChI is InChI=1S/C15H20N4O2S/c1-5-20-21-6-7-22-13-8-11(4)12(9-16)15-18-17-14(10(2)3)19(13)15/h8,10H,5-7H2,1-4H3. The van der Waals surface area contributed by atoms with Crippen LogP contribution >= 0.6 is 11.8 Å². The van der Waals surface area contributed by atoms with Gasteiger partial charge in [0.05, 0.1) is 18.2 Å². The highest BCUT2D eigenvalue weighted by atomic mass is 32.2. The summed E-state index contributed by atoms with van der Waals surface area (Å²) >= 11 is 1.64. The molecule has 6 nitrogen and oxygen atoms in total. The third kappa shape index (κ3) is 3.40. The summed E-state index contributed by atoms with van der Waals surface area (Å²) < 4.78 is 1.97. The third-order valence-corrected chi connectivity index (χ3v) is 4.08. The number of thioether (sulfide) groups is 1. The lowest BCUT2D eigenvalue weighted by Crippen LogP contribution is -2.04. The van der Waals surface area contributed by atoms with E-state index in [-0.39, 0.29) is 5.92 Å². The number of rotatable bonds is 7. The predicted octanol–water partition coefficient (Wildman–Crippen LogP) is 3.09. The number of nitriles is 1. The summed E-state index contributed by atoms with van der Waals surface area (Å²) in [5.74, 6) is 1.83. The molecule has 0 unspecified atom stereocenters. The highest BCUT2D eigenvalue weighted by Crippen LogP contribution is 2.27. The van der Waals surface area contributed by atoms with Crippen molar-refractivity contribution >= 4 is 17.4 Å². The van der Waals surface area contributed by atoms with E-state index in [4.69, 9.17) is 9.78 Å². The van der Waals surface area contributed by atoms with E-state index in [0.29, 0.717) is 24.4 Å². The maximum absolute atomic E-state index is 9.35. The second-order valence-electron chi connectivity index (χ2n) is 5.10. The fourth-order valence-corrected chi connectivity index (χ4v) is 3.04. The van der Waals surface area contributed by atoms with Crippen LogP contribution in [0.3, 0.4) is 0 Å². The first-order chi connectivity index (χ1) is 10.6. The van der Waals surface area contributed by atoms with E-state index in [2.05, 4.69) is 30.1 Å². The van der Waals surface area contributed by atoms with Gasteiger partial charge in [-0.05, 0) is 25.5 Å². The van der Waals surface area contributed by atoms with Gasteiger partial charge in [0.25, 0.3) is 0 Å². The zero-order valence-electron chi connectivity index (χ0n) is 13.3. The highest BCUT2D eigenvalue weighted by molar-refractivity contribution is 7.99. The Hall–Kier alpha value is -1.62. The third-order valence-electron chi connectivity index (χ3n) is 3.11. The molecule has 2 aromatic rings. The van der Waals surface area contributed by atoms with Crippen molar-refractivity contribution in [2.75, 3.05) is 19.0 Å². The summed E-state index contributed by atoms with van der Waals surface area (Å²) in [6.07, 6.45) is 0. The molecule has 0 aliphatic rings. The van der Waals surface area contributed by atoms with E-state index in [0.717, 1.165) is 22.2 Å². The van der Waals surface area contributed by atoms with Crippen molar-refractivity contribution in [3.63, 3.8) is 0 Å². The molecule has 0 N–H and O–H groups in total. The fourth-order valence-electron chi connectivity index (χ4n) is 2.11. The van der Waals surface area contributed by atoms with Gasteiger partial charge in [0.15, 0.2) is 5.65 Å². The Balaban J connectivity index is 2.36. The number of nitrogens with zero attached hydrogens (tertiary/aromatic N) is 4. The average molecular weight is 320 g/mol. The van der Waals surface area contributed by atoms with Crippen LogP contribution in [0.4, 0.5) is 0 Å². The van der Waals surface area contributed by atoms with Crippen molar-refractivity contribution in [2.24, 2.45) is 0 Å². The minimum Gasteiger partial charge on any atom is -0.272 e. The van der Waals surface area contributed by atoms with E-state index < -0.39 is 0 Å². The van der Waals surface area contributed by atoms with Crippen LogP contribution in [0.1, 0.15) is 43.6 Å². The maximum Gasteiger partial charge on any atom is 0.179 e. The number of fused-ring (bicyclic) bond motifs is 1. The van der Waals surface area contributed by atoms with Crippen LogP contribution in [0.15, 0.2) is 11.1 Å². The molecule has 0 fully saturated rings. The molecule has 0 atom stereocenters. The molecular weight excluding hydrogens is 300 g/mol. The van der Waals surface area contributed by atoms with Crippen molar-refractivity contribution in [2.45, 2.75) is 38.6 Å². The second kappa shape index (κ2) is 7.58. The molecule has 118 valence electrons. The minimum absolute atomic E-state index is 0.225. The fraction of sp³-hybridized carbons (Fsp3) is 0.533. The molecule has 0 saturated heterocycles.